The summed E-state index contributed by atoms with van der Waals surface area (Å²) in [6.07, 6.45) is 4.72. The molecule has 2 atom stereocenters. The molecule has 1 aliphatic heterocycles. The fourth-order valence-electron chi connectivity index (χ4n) is 4.72. The number of ether oxygens (including phenoxy) is 3. The normalized spacial score (nSPS) is 26.0. The molecule has 1 aromatic rings. The standard InChI is InChI=1S/C25H38F2N2O4/c1-5-31-23-19(13-17(26)14-20(23)27)16-8-10-18(11-9-16)32-15-22-21(7-6-12-28-22)29-24(30)33-25(2,3)4/h13-14,16,18,21-22,28H,5-12,15H2,1-4H3,(H,29,30). The predicted molar refractivity (Wildman–Crippen MR) is 123 cm³/mol. The Morgan fingerprint density at radius 3 is 2.55 bits per heavy atom. The number of alkyl carbamates (subject to hydrolysis) is 1. The first-order valence-electron chi connectivity index (χ1n) is 12.1. The molecule has 2 fully saturated rings. The summed E-state index contributed by atoms with van der Waals surface area (Å²) in [7, 11) is 0. The van der Waals surface area contributed by atoms with E-state index in [9.17, 15) is 13.6 Å². The van der Waals surface area contributed by atoms with Gasteiger partial charge in [0.25, 0.3) is 0 Å². The molecule has 0 radical (unpaired) electrons. The molecule has 2 aliphatic rings. The second-order valence-electron chi connectivity index (χ2n) is 10.0. The monoisotopic (exact) mass is 468 g/mol. The van der Waals surface area contributed by atoms with Gasteiger partial charge in [0.1, 0.15) is 11.4 Å². The van der Waals surface area contributed by atoms with Crippen LogP contribution in [0.2, 0.25) is 0 Å². The van der Waals surface area contributed by atoms with Crippen molar-refractivity contribution in [1.82, 2.24) is 10.6 Å². The molecule has 6 nitrogen and oxygen atoms in total. The molecule has 0 bridgehead atoms. The van der Waals surface area contributed by atoms with Crippen molar-refractivity contribution in [3.05, 3.63) is 29.3 Å². The minimum atomic E-state index is -0.642. The van der Waals surface area contributed by atoms with E-state index in [1.165, 1.54) is 6.07 Å². The number of hydrogen-bond acceptors (Lipinski definition) is 5. The average Bonchev–Trinajstić information content (AvgIpc) is 2.74. The second kappa shape index (κ2) is 11.5. The number of benzene rings is 1. The van der Waals surface area contributed by atoms with E-state index >= 15 is 0 Å². The minimum Gasteiger partial charge on any atom is -0.491 e. The van der Waals surface area contributed by atoms with E-state index in [2.05, 4.69) is 10.6 Å². The van der Waals surface area contributed by atoms with Gasteiger partial charge in [0.05, 0.1) is 25.4 Å². The van der Waals surface area contributed by atoms with Gasteiger partial charge in [0, 0.05) is 17.7 Å². The summed E-state index contributed by atoms with van der Waals surface area (Å²) >= 11 is 0. The van der Waals surface area contributed by atoms with Crippen molar-refractivity contribution in [2.45, 2.75) is 95.9 Å². The Morgan fingerprint density at radius 2 is 1.88 bits per heavy atom. The van der Waals surface area contributed by atoms with Crippen LogP contribution in [0.1, 0.15) is 77.7 Å². The zero-order valence-corrected chi connectivity index (χ0v) is 20.2. The molecule has 0 spiro atoms. The lowest BCUT2D eigenvalue weighted by atomic mass is 9.82. The van der Waals surface area contributed by atoms with Crippen molar-refractivity contribution >= 4 is 6.09 Å². The topological polar surface area (TPSA) is 68.8 Å². The molecule has 2 N–H and O–H groups in total. The minimum absolute atomic E-state index is 0.0193. The molecule has 1 aromatic carbocycles. The zero-order chi connectivity index (χ0) is 24.0. The summed E-state index contributed by atoms with van der Waals surface area (Å²) in [5.41, 5.74) is 0.0760. The van der Waals surface area contributed by atoms with Crippen molar-refractivity contribution in [2.75, 3.05) is 19.8 Å². The second-order valence-corrected chi connectivity index (χ2v) is 10.0. The third kappa shape index (κ3) is 7.54. The Morgan fingerprint density at radius 1 is 1.15 bits per heavy atom. The highest BCUT2D eigenvalue weighted by Gasteiger charge is 2.31. The molecule has 1 heterocycles. The number of piperidine rings is 1. The van der Waals surface area contributed by atoms with Gasteiger partial charge in [-0.3, -0.25) is 0 Å². The Bertz CT molecular complexity index is 791. The van der Waals surface area contributed by atoms with E-state index in [4.69, 9.17) is 14.2 Å². The van der Waals surface area contributed by atoms with E-state index in [0.717, 1.165) is 51.1 Å². The summed E-state index contributed by atoms with van der Waals surface area (Å²) < 4.78 is 45.2. The maximum atomic E-state index is 14.2. The first-order chi connectivity index (χ1) is 15.7. The lowest BCUT2D eigenvalue weighted by Gasteiger charge is -2.36. The van der Waals surface area contributed by atoms with Gasteiger partial charge in [-0.25, -0.2) is 13.6 Å². The van der Waals surface area contributed by atoms with Crippen LogP contribution in [0.5, 0.6) is 5.75 Å². The Balaban J connectivity index is 1.51. The maximum Gasteiger partial charge on any atom is 0.407 e. The quantitative estimate of drug-likeness (QED) is 0.586. The molecular weight excluding hydrogens is 430 g/mol. The SMILES string of the molecule is CCOc1c(F)cc(F)cc1C1CCC(OCC2NCCCC2NC(=O)OC(C)(C)C)CC1. The summed E-state index contributed by atoms with van der Waals surface area (Å²) in [6.45, 7) is 9.05. The maximum absolute atomic E-state index is 14.2. The van der Waals surface area contributed by atoms with Crippen molar-refractivity contribution in [3.63, 3.8) is 0 Å². The molecule has 1 amide bonds. The van der Waals surface area contributed by atoms with E-state index < -0.39 is 23.3 Å². The van der Waals surface area contributed by atoms with Crippen molar-refractivity contribution in [1.29, 1.82) is 0 Å². The molecule has 8 heteroatoms. The first kappa shape index (κ1) is 25.7. The van der Waals surface area contributed by atoms with Gasteiger partial charge >= 0.3 is 6.09 Å². The summed E-state index contributed by atoms with van der Waals surface area (Å²) in [5, 5.41) is 6.43. The third-order valence-corrected chi connectivity index (χ3v) is 6.24. The molecule has 3 rings (SSSR count). The fraction of sp³-hybridized carbons (Fsp3) is 0.720. The van der Waals surface area contributed by atoms with Gasteiger partial charge in [0.15, 0.2) is 11.6 Å². The summed E-state index contributed by atoms with van der Waals surface area (Å²) in [5.74, 6) is -0.995. The van der Waals surface area contributed by atoms with Crippen LogP contribution >= 0.6 is 0 Å². The van der Waals surface area contributed by atoms with E-state index in [1.54, 1.807) is 6.92 Å². The van der Waals surface area contributed by atoms with E-state index in [0.29, 0.717) is 18.8 Å². The highest BCUT2D eigenvalue weighted by atomic mass is 19.1. The number of hydrogen-bond donors (Lipinski definition) is 2. The third-order valence-electron chi connectivity index (χ3n) is 6.24. The highest BCUT2D eigenvalue weighted by Crippen LogP contribution is 2.40. The highest BCUT2D eigenvalue weighted by molar-refractivity contribution is 5.68. The van der Waals surface area contributed by atoms with Gasteiger partial charge in [-0.2, -0.15) is 0 Å². The number of halogens is 2. The van der Waals surface area contributed by atoms with Crippen LogP contribution in [-0.4, -0.2) is 49.6 Å². The van der Waals surface area contributed by atoms with Gasteiger partial charge in [-0.05, 0) is 84.7 Å². The van der Waals surface area contributed by atoms with Crippen LogP contribution in [0, 0.1) is 11.6 Å². The van der Waals surface area contributed by atoms with Crippen LogP contribution in [0.25, 0.3) is 0 Å². The fourth-order valence-corrected chi connectivity index (χ4v) is 4.72. The predicted octanol–water partition coefficient (Wildman–Crippen LogP) is 5.05. The first-order valence-corrected chi connectivity index (χ1v) is 12.1. The zero-order valence-electron chi connectivity index (χ0n) is 20.2. The molecule has 2 unspecified atom stereocenters. The van der Waals surface area contributed by atoms with Crippen molar-refractivity contribution in [2.24, 2.45) is 0 Å². The van der Waals surface area contributed by atoms with E-state index in [-0.39, 0.29) is 29.9 Å². The van der Waals surface area contributed by atoms with Gasteiger partial charge in [0.2, 0.25) is 0 Å². The Kier molecular flexibility index (Phi) is 8.93. The number of amides is 1. The summed E-state index contributed by atoms with van der Waals surface area (Å²) in [6, 6.07) is 2.25. The Hall–Kier alpha value is -1.93. The molecule has 33 heavy (non-hydrogen) atoms. The number of carbonyl (C=O) groups is 1. The van der Waals surface area contributed by atoms with Gasteiger partial charge in [-0.15, -0.1) is 0 Å². The van der Waals surface area contributed by atoms with Gasteiger partial charge in [-0.1, -0.05) is 0 Å². The molecule has 1 saturated heterocycles. The van der Waals surface area contributed by atoms with E-state index in [1.807, 2.05) is 20.8 Å². The van der Waals surface area contributed by atoms with Crippen LogP contribution in [0.4, 0.5) is 13.6 Å². The number of nitrogens with one attached hydrogen (secondary N) is 2. The Labute approximate surface area is 195 Å². The number of rotatable bonds is 7. The largest absolute Gasteiger partial charge is 0.491 e. The van der Waals surface area contributed by atoms with Crippen LogP contribution in [-0.2, 0) is 9.47 Å². The van der Waals surface area contributed by atoms with Gasteiger partial charge < -0.3 is 24.8 Å². The lowest BCUT2D eigenvalue weighted by Crippen LogP contribution is -2.56. The summed E-state index contributed by atoms with van der Waals surface area (Å²) in [4.78, 5) is 12.2. The molecule has 0 aromatic heterocycles. The molecule has 1 aliphatic carbocycles. The molecule has 186 valence electrons. The van der Waals surface area contributed by atoms with Crippen LogP contribution in [0.15, 0.2) is 12.1 Å². The van der Waals surface area contributed by atoms with Crippen molar-refractivity contribution < 1.29 is 27.8 Å². The number of carbonyl (C=O) groups excluding carboxylic acids is 1. The lowest BCUT2D eigenvalue weighted by molar-refractivity contribution is 0.00156. The average molecular weight is 469 g/mol. The molecule has 1 saturated carbocycles. The van der Waals surface area contributed by atoms with Crippen LogP contribution in [0.3, 0.4) is 0 Å². The smallest absolute Gasteiger partial charge is 0.407 e. The molecular formula is C25H38F2N2O4. The van der Waals surface area contributed by atoms with Crippen LogP contribution < -0.4 is 15.4 Å². The van der Waals surface area contributed by atoms with Crippen molar-refractivity contribution in [3.8, 4) is 5.75 Å².